The Morgan fingerprint density at radius 3 is 2.35 bits per heavy atom. The van der Waals surface area contributed by atoms with Gasteiger partial charge < -0.3 is 15.2 Å². The maximum absolute atomic E-state index is 11.6. The third-order valence-corrected chi connectivity index (χ3v) is 3.58. The van der Waals surface area contributed by atoms with Gasteiger partial charge in [-0.05, 0) is 33.1 Å². The highest BCUT2D eigenvalue weighted by Gasteiger charge is 2.25. The molecule has 5 nitrogen and oxygen atoms in total. The van der Waals surface area contributed by atoms with Crippen LogP contribution in [0.15, 0.2) is 0 Å². The van der Waals surface area contributed by atoms with Crippen molar-refractivity contribution in [2.75, 3.05) is 6.54 Å². The number of ether oxygens (including phenoxy) is 1. The van der Waals surface area contributed by atoms with Crippen molar-refractivity contribution in [1.82, 2.24) is 5.32 Å². The molecule has 0 spiro atoms. The Hall–Kier alpha value is -1.26. The van der Waals surface area contributed by atoms with Crippen molar-refractivity contribution in [3.8, 4) is 0 Å². The van der Waals surface area contributed by atoms with Gasteiger partial charge in [0.2, 0.25) is 0 Å². The highest BCUT2D eigenvalue weighted by atomic mass is 16.6. The van der Waals surface area contributed by atoms with Crippen molar-refractivity contribution in [2.24, 2.45) is 11.8 Å². The summed E-state index contributed by atoms with van der Waals surface area (Å²) >= 11 is 0. The Balaban J connectivity index is 2.38. The molecular formula is C15H27NO4. The number of aliphatic carboxylic acids is 1. The molecule has 1 fully saturated rings. The average molecular weight is 285 g/mol. The topological polar surface area (TPSA) is 75.6 Å². The highest BCUT2D eigenvalue weighted by molar-refractivity contribution is 5.72. The molecule has 5 heteroatoms. The van der Waals surface area contributed by atoms with Gasteiger partial charge >= 0.3 is 12.1 Å². The van der Waals surface area contributed by atoms with E-state index >= 15 is 0 Å². The molecule has 20 heavy (non-hydrogen) atoms. The molecule has 0 aromatic carbocycles. The van der Waals surface area contributed by atoms with Crippen LogP contribution in [0.25, 0.3) is 0 Å². The second-order valence-corrected chi connectivity index (χ2v) is 6.66. The maximum Gasteiger partial charge on any atom is 0.407 e. The lowest BCUT2D eigenvalue weighted by molar-refractivity contribution is -0.142. The first kappa shape index (κ1) is 16.8. The molecule has 1 atom stereocenters. The smallest absolute Gasteiger partial charge is 0.407 e. The number of carbonyl (C=O) groups excluding carboxylic acids is 1. The van der Waals surface area contributed by atoms with E-state index in [9.17, 15) is 14.7 Å². The van der Waals surface area contributed by atoms with Gasteiger partial charge in [-0.2, -0.15) is 0 Å². The Kier molecular flexibility index (Phi) is 6.30. The Morgan fingerprint density at radius 2 is 1.85 bits per heavy atom. The van der Waals surface area contributed by atoms with E-state index in [1.165, 1.54) is 19.3 Å². The van der Waals surface area contributed by atoms with E-state index in [1.54, 1.807) is 20.8 Å². The number of carboxylic acid groups (broad SMARTS) is 1. The van der Waals surface area contributed by atoms with Gasteiger partial charge in [-0.1, -0.05) is 32.1 Å². The minimum absolute atomic E-state index is 0.140. The molecule has 0 bridgehead atoms. The summed E-state index contributed by atoms with van der Waals surface area (Å²) in [5, 5.41) is 11.8. The third kappa shape index (κ3) is 6.78. The van der Waals surface area contributed by atoms with Crippen LogP contribution in [0.5, 0.6) is 0 Å². The summed E-state index contributed by atoms with van der Waals surface area (Å²) in [4.78, 5) is 22.8. The second-order valence-electron chi connectivity index (χ2n) is 6.66. The Bertz CT molecular complexity index is 329. The molecule has 1 aliphatic carbocycles. The molecule has 2 N–H and O–H groups in total. The first-order valence-electron chi connectivity index (χ1n) is 7.47. The van der Waals surface area contributed by atoms with Gasteiger partial charge in [-0.15, -0.1) is 0 Å². The summed E-state index contributed by atoms with van der Waals surface area (Å²) in [7, 11) is 0. The average Bonchev–Trinajstić information content (AvgIpc) is 2.33. The minimum Gasteiger partial charge on any atom is -0.481 e. The highest BCUT2D eigenvalue weighted by Crippen LogP contribution is 2.29. The van der Waals surface area contributed by atoms with Crippen LogP contribution in [0.1, 0.15) is 59.3 Å². The molecule has 0 aromatic rings. The quantitative estimate of drug-likeness (QED) is 0.813. The van der Waals surface area contributed by atoms with E-state index < -0.39 is 23.6 Å². The Labute approximate surface area is 121 Å². The summed E-state index contributed by atoms with van der Waals surface area (Å²) in [6.45, 7) is 5.48. The third-order valence-electron chi connectivity index (χ3n) is 3.58. The lowest BCUT2D eigenvalue weighted by atomic mass is 9.83. The van der Waals surface area contributed by atoms with E-state index in [2.05, 4.69) is 5.32 Å². The molecule has 1 aliphatic rings. The van der Waals surface area contributed by atoms with Crippen LogP contribution in [-0.4, -0.2) is 29.3 Å². The summed E-state index contributed by atoms with van der Waals surface area (Å²) in [6, 6.07) is 0. The van der Waals surface area contributed by atoms with Crippen molar-refractivity contribution in [2.45, 2.75) is 64.9 Å². The Morgan fingerprint density at radius 1 is 1.25 bits per heavy atom. The number of nitrogens with one attached hydrogen (secondary N) is 1. The number of alkyl carbamates (subject to hydrolysis) is 1. The number of rotatable bonds is 5. The number of amides is 1. The molecule has 1 unspecified atom stereocenters. The fourth-order valence-electron chi connectivity index (χ4n) is 2.62. The van der Waals surface area contributed by atoms with Crippen molar-refractivity contribution in [3.05, 3.63) is 0 Å². The minimum atomic E-state index is -0.841. The first-order chi connectivity index (χ1) is 9.28. The summed E-state index contributed by atoms with van der Waals surface area (Å²) < 4.78 is 5.11. The molecule has 0 aliphatic heterocycles. The van der Waals surface area contributed by atoms with E-state index in [1.807, 2.05) is 0 Å². The maximum atomic E-state index is 11.6. The zero-order valence-corrected chi connectivity index (χ0v) is 12.8. The SMILES string of the molecule is CC(C)(C)OC(=O)NCC(CC1CCCCC1)C(=O)O. The van der Waals surface area contributed by atoms with Crippen molar-refractivity contribution in [3.63, 3.8) is 0 Å². The number of hydrogen-bond donors (Lipinski definition) is 2. The fraction of sp³-hybridized carbons (Fsp3) is 0.867. The molecule has 1 rings (SSSR count). The fourth-order valence-corrected chi connectivity index (χ4v) is 2.62. The molecule has 1 saturated carbocycles. The van der Waals surface area contributed by atoms with Gasteiger partial charge in [-0.3, -0.25) is 4.79 Å². The van der Waals surface area contributed by atoms with Gasteiger partial charge in [0.1, 0.15) is 5.60 Å². The molecule has 0 heterocycles. The van der Waals surface area contributed by atoms with Gasteiger partial charge in [0.25, 0.3) is 0 Å². The van der Waals surface area contributed by atoms with Crippen LogP contribution < -0.4 is 5.32 Å². The van der Waals surface area contributed by atoms with Crippen LogP contribution in [0.2, 0.25) is 0 Å². The number of carbonyl (C=O) groups is 2. The van der Waals surface area contributed by atoms with Crippen LogP contribution in [-0.2, 0) is 9.53 Å². The molecule has 0 aromatic heterocycles. The first-order valence-corrected chi connectivity index (χ1v) is 7.47. The zero-order valence-electron chi connectivity index (χ0n) is 12.8. The number of carboxylic acids is 1. The van der Waals surface area contributed by atoms with E-state index in [4.69, 9.17) is 4.74 Å². The van der Waals surface area contributed by atoms with Gasteiger partial charge in [0.05, 0.1) is 5.92 Å². The monoisotopic (exact) mass is 285 g/mol. The molecule has 0 saturated heterocycles. The van der Waals surface area contributed by atoms with E-state index in [0.717, 1.165) is 12.8 Å². The van der Waals surface area contributed by atoms with Crippen LogP contribution >= 0.6 is 0 Å². The van der Waals surface area contributed by atoms with E-state index in [0.29, 0.717) is 12.3 Å². The van der Waals surface area contributed by atoms with Crippen LogP contribution in [0.4, 0.5) is 4.79 Å². The van der Waals surface area contributed by atoms with Crippen molar-refractivity contribution < 1.29 is 19.4 Å². The second kappa shape index (κ2) is 7.50. The summed E-state index contributed by atoms with van der Waals surface area (Å²) in [5.41, 5.74) is -0.563. The van der Waals surface area contributed by atoms with Gasteiger partial charge in [0, 0.05) is 6.54 Å². The van der Waals surface area contributed by atoms with Crippen molar-refractivity contribution >= 4 is 12.1 Å². The normalized spacial score (nSPS) is 18.4. The van der Waals surface area contributed by atoms with Crippen LogP contribution in [0.3, 0.4) is 0 Å². The predicted octanol–water partition coefficient (Wildman–Crippen LogP) is 3.18. The largest absolute Gasteiger partial charge is 0.481 e. The lowest BCUT2D eigenvalue weighted by Crippen LogP contribution is -2.37. The van der Waals surface area contributed by atoms with Crippen molar-refractivity contribution in [1.29, 1.82) is 0 Å². The standard InChI is InChI=1S/C15H27NO4/c1-15(2,3)20-14(19)16-10-12(13(17)18)9-11-7-5-4-6-8-11/h11-12H,4-10H2,1-3H3,(H,16,19)(H,17,18). The van der Waals surface area contributed by atoms with Gasteiger partial charge in [0.15, 0.2) is 0 Å². The zero-order chi connectivity index (χ0) is 15.2. The van der Waals surface area contributed by atoms with Gasteiger partial charge in [-0.25, -0.2) is 4.79 Å². The molecule has 116 valence electrons. The van der Waals surface area contributed by atoms with Crippen LogP contribution in [0, 0.1) is 11.8 Å². The summed E-state index contributed by atoms with van der Waals surface area (Å²) in [5.74, 6) is -0.887. The molecule has 1 amide bonds. The number of hydrogen-bond acceptors (Lipinski definition) is 3. The van der Waals surface area contributed by atoms with E-state index in [-0.39, 0.29) is 6.54 Å². The molecule has 0 radical (unpaired) electrons. The molecular weight excluding hydrogens is 258 g/mol. The summed E-state index contributed by atoms with van der Waals surface area (Å²) in [6.07, 6.45) is 5.95. The predicted molar refractivity (Wildman–Crippen MR) is 76.6 cm³/mol. The lowest BCUT2D eigenvalue weighted by Gasteiger charge is -2.25.